The molecular formula is C14H11F3. The van der Waals surface area contributed by atoms with Gasteiger partial charge in [-0.25, -0.2) is 0 Å². The van der Waals surface area contributed by atoms with Crippen LogP contribution in [-0.2, 0) is 6.18 Å². The summed E-state index contributed by atoms with van der Waals surface area (Å²) in [4.78, 5) is 0. The van der Waals surface area contributed by atoms with Crippen LogP contribution in [0.15, 0.2) is 48.5 Å². The topological polar surface area (TPSA) is 0 Å². The Labute approximate surface area is 97.7 Å². The highest BCUT2D eigenvalue weighted by Gasteiger charge is 2.33. The third-order valence-electron chi connectivity index (χ3n) is 2.57. The van der Waals surface area contributed by atoms with Crippen LogP contribution in [0.2, 0.25) is 0 Å². The lowest BCUT2D eigenvalue weighted by molar-refractivity contribution is -0.137. The van der Waals surface area contributed by atoms with E-state index < -0.39 is 11.7 Å². The molecule has 2 rings (SSSR count). The molecule has 2 aromatic carbocycles. The third-order valence-corrected chi connectivity index (χ3v) is 2.57. The molecule has 0 amide bonds. The van der Waals surface area contributed by atoms with E-state index in [-0.39, 0.29) is 5.56 Å². The van der Waals surface area contributed by atoms with Gasteiger partial charge in [0, 0.05) is 0 Å². The molecule has 0 spiro atoms. The molecule has 0 atom stereocenters. The zero-order chi connectivity index (χ0) is 12.5. The number of hydrogen-bond donors (Lipinski definition) is 0. The summed E-state index contributed by atoms with van der Waals surface area (Å²) in [5.41, 5.74) is 1.05. The molecule has 0 saturated heterocycles. The van der Waals surface area contributed by atoms with Crippen LogP contribution in [0.1, 0.15) is 11.1 Å². The zero-order valence-corrected chi connectivity index (χ0v) is 9.25. The molecule has 0 aliphatic carbocycles. The minimum Gasteiger partial charge on any atom is -0.166 e. The summed E-state index contributed by atoms with van der Waals surface area (Å²) in [6.07, 6.45) is -4.32. The van der Waals surface area contributed by atoms with E-state index in [1.54, 1.807) is 43.3 Å². The maximum absolute atomic E-state index is 12.9. The van der Waals surface area contributed by atoms with Gasteiger partial charge in [0.1, 0.15) is 0 Å². The van der Waals surface area contributed by atoms with Gasteiger partial charge in [0.15, 0.2) is 0 Å². The Morgan fingerprint density at radius 3 is 2.12 bits per heavy atom. The molecular weight excluding hydrogens is 225 g/mol. The summed E-state index contributed by atoms with van der Waals surface area (Å²) in [6.45, 7) is 1.78. The summed E-state index contributed by atoms with van der Waals surface area (Å²) >= 11 is 0. The Bertz CT molecular complexity index is 513. The van der Waals surface area contributed by atoms with E-state index in [0.717, 1.165) is 11.6 Å². The van der Waals surface area contributed by atoms with Crippen LogP contribution in [0.4, 0.5) is 13.2 Å². The smallest absolute Gasteiger partial charge is 0.166 e. The first-order valence-corrected chi connectivity index (χ1v) is 5.22. The highest BCUT2D eigenvalue weighted by molar-refractivity contribution is 5.68. The van der Waals surface area contributed by atoms with Gasteiger partial charge in [0.25, 0.3) is 0 Å². The minimum absolute atomic E-state index is 0.234. The predicted octanol–water partition coefficient (Wildman–Crippen LogP) is 4.68. The van der Waals surface area contributed by atoms with Gasteiger partial charge in [0.05, 0.1) is 5.56 Å². The molecule has 0 unspecified atom stereocenters. The number of halogens is 3. The van der Waals surface area contributed by atoms with Crippen LogP contribution in [-0.4, -0.2) is 0 Å². The van der Waals surface area contributed by atoms with Crippen molar-refractivity contribution in [3.05, 3.63) is 59.7 Å². The molecule has 17 heavy (non-hydrogen) atoms. The lowest BCUT2D eigenvalue weighted by Gasteiger charge is -2.13. The van der Waals surface area contributed by atoms with Crippen LogP contribution in [0.3, 0.4) is 0 Å². The normalized spacial score (nSPS) is 11.5. The maximum atomic E-state index is 12.9. The summed E-state index contributed by atoms with van der Waals surface area (Å²) in [5, 5.41) is 0. The molecule has 0 bridgehead atoms. The average Bonchev–Trinajstić information content (AvgIpc) is 2.28. The van der Waals surface area contributed by atoms with Crippen LogP contribution in [0.5, 0.6) is 0 Å². The van der Waals surface area contributed by atoms with Crippen molar-refractivity contribution in [1.82, 2.24) is 0 Å². The number of rotatable bonds is 1. The molecule has 0 N–H and O–H groups in total. The quantitative estimate of drug-likeness (QED) is 0.674. The van der Waals surface area contributed by atoms with E-state index in [1.807, 2.05) is 0 Å². The van der Waals surface area contributed by atoms with Crippen molar-refractivity contribution in [1.29, 1.82) is 0 Å². The lowest BCUT2D eigenvalue weighted by Crippen LogP contribution is -2.07. The maximum Gasteiger partial charge on any atom is 0.417 e. The number of alkyl halides is 3. The van der Waals surface area contributed by atoms with E-state index in [0.29, 0.717) is 5.56 Å². The molecule has 88 valence electrons. The third kappa shape index (κ3) is 2.49. The van der Waals surface area contributed by atoms with Gasteiger partial charge >= 0.3 is 6.18 Å². The summed E-state index contributed by atoms with van der Waals surface area (Å²) in [5.74, 6) is 0. The largest absolute Gasteiger partial charge is 0.417 e. The fraction of sp³-hybridized carbons (Fsp3) is 0.143. The molecule has 2 aromatic rings. The van der Waals surface area contributed by atoms with Crippen molar-refractivity contribution >= 4 is 0 Å². The van der Waals surface area contributed by atoms with Gasteiger partial charge in [-0.2, -0.15) is 13.2 Å². The number of benzene rings is 2. The molecule has 0 aliphatic rings. The average molecular weight is 236 g/mol. The fourth-order valence-electron chi connectivity index (χ4n) is 1.76. The second-order valence-corrected chi connectivity index (χ2v) is 3.91. The predicted molar refractivity (Wildman–Crippen MR) is 61.6 cm³/mol. The SMILES string of the molecule is Cc1ccc(C(F)(F)F)c(-c2ccccc2)c1. The Kier molecular flexibility index (Phi) is 2.92. The molecule has 0 nitrogen and oxygen atoms in total. The molecule has 0 fully saturated rings. The van der Waals surface area contributed by atoms with Crippen molar-refractivity contribution in [3.63, 3.8) is 0 Å². The van der Waals surface area contributed by atoms with Gasteiger partial charge in [-0.3, -0.25) is 0 Å². The molecule has 0 radical (unpaired) electrons. The number of hydrogen-bond acceptors (Lipinski definition) is 0. The minimum atomic E-state index is -4.32. The van der Waals surface area contributed by atoms with E-state index in [2.05, 4.69) is 0 Å². The van der Waals surface area contributed by atoms with Gasteiger partial charge in [-0.15, -0.1) is 0 Å². The molecule has 0 saturated carbocycles. The standard InChI is InChI=1S/C14H11F3/c1-10-7-8-13(14(15,16)17)12(9-10)11-5-3-2-4-6-11/h2-9H,1H3. The van der Waals surface area contributed by atoms with Gasteiger partial charge in [0.2, 0.25) is 0 Å². The second-order valence-electron chi connectivity index (χ2n) is 3.91. The van der Waals surface area contributed by atoms with Gasteiger partial charge in [-0.1, -0.05) is 48.0 Å². The van der Waals surface area contributed by atoms with Crippen molar-refractivity contribution in [2.45, 2.75) is 13.1 Å². The van der Waals surface area contributed by atoms with Gasteiger partial charge in [-0.05, 0) is 24.1 Å². The van der Waals surface area contributed by atoms with Crippen molar-refractivity contribution in [2.75, 3.05) is 0 Å². The summed E-state index contributed by atoms with van der Waals surface area (Å²) in [6, 6.07) is 12.8. The van der Waals surface area contributed by atoms with Gasteiger partial charge < -0.3 is 0 Å². The second kappa shape index (κ2) is 4.24. The van der Waals surface area contributed by atoms with Crippen LogP contribution >= 0.6 is 0 Å². The Morgan fingerprint density at radius 1 is 0.882 bits per heavy atom. The highest BCUT2D eigenvalue weighted by atomic mass is 19.4. The summed E-state index contributed by atoms with van der Waals surface area (Å²) < 4.78 is 38.6. The Hall–Kier alpha value is -1.77. The number of aryl methyl sites for hydroxylation is 1. The molecule has 0 aromatic heterocycles. The van der Waals surface area contributed by atoms with Crippen LogP contribution in [0, 0.1) is 6.92 Å². The van der Waals surface area contributed by atoms with E-state index in [1.165, 1.54) is 6.07 Å². The van der Waals surface area contributed by atoms with Crippen LogP contribution in [0.25, 0.3) is 11.1 Å². The van der Waals surface area contributed by atoms with Crippen molar-refractivity contribution in [2.24, 2.45) is 0 Å². The lowest BCUT2D eigenvalue weighted by atomic mass is 9.97. The van der Waals surface area contributed by atoms with E-state index in [9.17, 15) is 13.2 Å². The van der Waals surface area contributed by atoms with Crippen LogP contribution < -0.4 is 0 Å². The first-order valence-electron chi connectivity index (χ1n) is 5.22. The van der Waals surface area contributed by atoms with E-state index >= 15 is 0 Å². The molecule has 3 heteroatoms. The molecule has 0 aliphatic heterocycles. The first kappa shape index (κ1) is 11.7. The highest BCUT2D eigenvalue weighted by Crippen LogP contribution is 2.37. The fourth-order valence-corrected chi connectivity index (χ4v) is 1.76. The zero-order valence-electron chi connectivity index (χ0n) is 9.25. The Balaban J connectivity index is 2.64. The monoisotopic (exact) mass is 236 g/mol. The Morgan fingerprint density at radius 2 is 1.53 bits per heavy atom. The first-order chi connectivity index (χ1) is 7.98. The van der Waals surface area contributed by atoms with Crippen molar-refractivity contribution in [3.8, 4) is 11.1 Å². The molecule has 0 heterocycles. The van der Waals surface area contributed by atoms with Crippen molar-refractivity contribution < 1.29 is 13.2 Å². The van der Waals surface area contributed by atoms with E-state index in [4.69, 9.17) is 0 Å². The summed E-state index contributed by atoms with van der Waals surface area (Å²) in [7, 11) is 0.